The number of benzene rings is 1. The molecule has 7 nitrogen and oxygen atoms in total. The van der Waals surface area contributed by atoms with Crippen LogP contribution in [-0.4, -0.2) is 30.5 Å². The number of carbonyl (C=O) groups is 2. The maximum atomic E-state index is 11.3. The molecule has 1 aromatic rings. The Labute approximate surface area is 103 Å². The van der Waals surface area contributed by atoms with E-state index in [4.69, 9.17) is 0 Å². The van der Waals surface area contributed by atoms with E-state index in [0.717, 1.165) is 0 Å². The summed E-state index contributed by atoms with van der Waals surface area (Å²) in [4.78, 5) is 31.8. The molecule has 0 fully saturated rings. The highest BCUT2D eigenvalue weighted by molar-refractivity contribution is 5.78. The van der Waals surface area contributed by atoms with Gasteiger partial charge in [-0.3, -0.25) is 14.9 Å². The molecule has 0 spiro atoms. The van der Waals surface area contributed by atoms with Gasteiger partial charge in [0.1, 0.15) is 6.04 Å². The van der Waals surface area contributed by atoms with Gasteiger partial charge >= 0.3 is 5.97 Å². The van der Waals surface area contributed by atoms with Crippen molar-refractivity contribution >= 4 is 18.1 Å². The molecule has 18 heavy (non-hydrogen) atoms. The topological polar surface area (TPSA) is 98.5 Å². The molecule has 0 heterocycles. The fourth-order valence-corrected chi connectivity index (χ4v) is 1.47. The van der Waals surface area contributed by atoms with Crippen molar-refractivity contribution in [1.82, 2.24) is 5.32 Å². The number of nitro groups is 1. The van der Waals surface area contributed by atoms with Crippen LogP contribution in [0.3, 0.4) is 0 Å². The van der Waals surface area contributed by atoms with Gasteiger partial charge in [0, 0.05) is 18.6 Å². The molecule has 1 unspecified atom stereocenters. The molecule has 0 aliphatic rings. The van der Waals surface area contributed by atoms with Gasteiger partial charge in [-0.15, -0.1) is 0 Å². The second-order valence-corrected chi connectivity index (χ2v) is 3.49. The number of carbonyl (C=O) groups excluding carboxylic acids is 2. The van der Waals surface area contributed by atoms with Crippen LogP contribution >= 0.6 is 0 Å². The molecule has 0 saturated carbocycles. The Bertz CT molecular complexity index is 461. The van der Waals surface area contributed by atoms with Crippen LogP contribution in [-0.2, 0) is 20.7 Å². The number of hydrogen-bond donors (Lipinski definition) is 1. The third kappa shape index (κ3) is 3.55. The van der Waals surface area contributed by atoms with Crippen LogP contribution in [0.15, 0.2) is 24.3 Å². The Balaban J connectivity index is 2.86. The summed E-state index contributed by atoms with van der Waals surface area (Å²) in [7, 11) is 1.20. The first-order valence-corrected chi connectivity index (χ1v) is 5.09. The molecule has 1 amide bonds. The van der Waals surface area contributed by atoms with E-state index in [1.54, 1.807) is 6.07 Å². The highest BCUT2D eigenvalue weighted by atomic mass is 16.6. The maximum absolute atomic E-state index is 11.3. The molecule has 0 aromatic heterocycles. The van der Waals surface area contributed by atoms with Gasteiger partial charge in [0.05, 0.1) is 12.0 Å². The summed E-state index contributed by atoms with van der Waals surface area (Å²) in [6.45, 7) is 0. The standard InChI is InChI=1S/C11H12N2O5/c1-18-11(15)10(12-7-14)6-8-3-2-4-9(5-8)13(16)17/h2-5,7,10H,6H2,1H3,(H,12,14). The zero-order valence-corrected chi connectivity index (χ0v) is 9.66. The van der Waals surface area contributed by atoms with Crippen LogP contribution in [0.2, 0.25) is 0 Å². The first-order valence-electron chi connectivity index (χ1n) is 5.09. The van der Waals surface area contributed by atoms with E-state index in [-0.39, 0.29) is 12.1 Å². The Kier molecular flexibility index (Phi) is 4.79. The van der Waals surface area contributed by atoms with Gasteiger partial charge in [-0.1, -0.05) is 12.1 Å². The Morgan fingerprint density at radius 2 is 2.33 bits per heavy atom. The quantitative estimate of drug-likeness (QED) is 0.342. The van der Waals surface area contributed by atoms with Crippen molar-refractivity contribution in [2.24, 2.45) is 0 Å². The van der Waals surface area contributed by atoms with Gasteiger partial charge in [0.2, 0.25) is 6.41 Å². The normalized spacial score (nSPS) is 11.4. The van der Waals surface area contributed by atoms with Crippen molar-refractivity contribution in [2.75, 3.05) is 7.11 Å². The van der Waals surface area contributed by atoms with Crippen molar-refractivity contribution in [3.8, 4) is 0 Å². The molecule has 96 valence electrons. The monoisotopic (exact) mass is 252 g/mol. The summed E-state index contributed by atoms with van der Waals surface area (Å²) < 4.78 is 4.52. The Hall–Kier alpha value is -2.44. The highest BCUT2D eigenvalue weighted by Gasteiger charge is 2.19. The fourth-order valence-electron chi connectivity index (χ4n) is 1.47. The van der Waals surface area contributed by atoms with Crippen molar-refractivity contribution in [3.63, 3.8) is 0 Å². The van der Waals surface area contributed by atoms with Gasteiger partial charge in [0.15, 0.2) is 0 Å². The van der Waals surface area contributed by atoms with E-state index in [2.05, 4.69) is 10.1 Å². The Morgan fingerprint density at radius 3 is 2.89 bits per heavy atom. The van der Waals surface area contributed by atoms with Gasteiger partial charge in [-0.2, -0.15) is 0 Å². The molecule has 1 N–H and O–H groups in total. The van der Waals surface area contributed by atoms with E-state index in [1.807, 2.05) is 0 Å². The summed E-state index contributed by atoms with van der Waals surface area (Å²) >= 11 is 0. The predicted octanol–water partition coefficient (Wildman–Crippen LogP) is 0.425. The average molecular weight is 252 g/mol. The minimum Gasteiger partial charge on any atom is -0.467 e. The fraction of sp³-hybridized carbons (Fsp3) is 0.273. The third-order valence-corrected chi connectivity index (χ3v) is 2.32. The smallest absolute Gasteiger partial charge is 0.328 e. The van der Waals surface area contributed by atoms with Gasteiger partial charge in [0.25, 0.3) is 5.69 Å². The first-order chi connectivity index (χ1) is 8.58. The van der Waals surface area contributed by atoms with Gasteiger partial charge in [-0.25, -0.2) is 4.79 Å². The van der Waals surface area contributed by atoms with E-state index < -0.39 is 16.9 Å². The average Bonchev–Trinajstić information content (AvgIpc) is 2.37. The maximum Gasteiger partial charge on any atom is 0.328 e. The zero-order chi connectivity index (χ0) is 13.5. The van der Waals surface area contributed by atoms with Gasteiger partial charge in [-0.05, 0) is 5.56 Å². The lowest BCUT2D eigenvalue weighted by Gasteiger charge is -2.13. The molecule has 0 aliphatic heterocycles. The van der Waals surface area contributed by atoms with E-state index in [0.29, 0.717) is 12.0 Å². The molecular weight excluding hydrogens is 240 g/mol. The minimum absolute atomic E-state index is 0.0674. The van der Waals surface area contributed by atoms with Crippen LogP contribution in [0.4, 0.5) is 5.69 Å². The lowest BCUT2D eigenvalue weighted by Crippen LogP contribution is -2.38. The number of amides is 1. The number of nitro benzene ring substituents is 1. The second kappa shape index (κ2) is 6.33. The van der Waals surface area contributed by atoms with Crippen LogP contribution in [0.1, 0.15) is 5.56 Å². The number of esters is 1. The SMILES string of the molecule is COC(=O)C(Cc1cccc([N+](=O)[O-])c1)NC=O. The summed E-state index contributed by atoms with van der Waals surface area (Å²) in [5.41, 5.74) is 0.496. The second-order valence-electron chi connectivity index (χ2n) is 3.49. The van der Waals surface area contributed by atoms with Crippen LogP contribution < -0.4 is 5.32 Å². The van der Waals surface area contributed by atoms with Crippen LogP contribution in [0.5, 0.6) is 0 Å². The Morgan fingerprint density at radius 1 is 1.61 bits per heavy atom. The molecule has 0 radical (unpaired) electrons. The summed E-state index contributed by atoms with van der Waals surface area (Å²) in [5, 5.41) is 12.9. The number of hydrogen-bond acceptors (Lipinski definition) is 5. The minimum atomic E-state index is -0.852. The van der Waals surface area contributed by atoms with E-state index in [1.165, 1.54) is 25.3 Å². The first kappa shape index (κ1) is 13.6. The molecule has 1 rings (SSSR count). The van der Waals surface area contributed by atoms with Crippen LogP contribution in [0.25, 0.3) is 0 Å². The molecule has 0 aliphatic carbocycles. The summed E-state index contributed by atoms with van der Waals surface area (Å²) in [6.07, 6.45) is 0.520. The van der Waals surface area contributed by atoms with Gasteiger partial charge < -0.3 is 10.1 Å². The van der Waals surface area contributed by atoms with Crippen LogP contribution in [0, 0.1) is 10.1 Å². The number of rotatable bonds is 6. The highest BCUT2D eigenvalue weighted by Crippen LogP contribution is 2.14. The van der Waals surface area contributed by atoms with Crippen molar-refractivity contribution in [1.29, 1.82) is 0 Å². The van der Waals surface area contributed by atoms with E-state index >= 15 is 0 Å². The molecule has 0 bridgehead atoms. The predicted molar refractivity (Wildman–Crippen MR) is 61.8 cm³/mol. The van der Waals surface area contributed by atoms with Crippen molar-refractivity contribution < 1.29 is 19.2 Å². The molecule has 1 aromatic carbocycles. The number of methoxy groups -OCH3 is 1. The largest absolute Gasteiger partial charge is 0.467 e. The third-order valence-electron chi connectivity index (χ3n) is 2.32. The van der Waals surface area contributed by atoms with Crippen molar-refractivity contribution in [2.45, 2.75) is 12.5 Å². The molecular formula is C11H12N2O5. The number of ether oxygens (including phenoxy) is 1. The van der Waals surface area contributed by atoms with E-state index in [9.17, 15) is 19.7 Å². The lowest BCUT2D eigenvalue weighted by atomic mass is 10.1. The number of nitrogens with one attached hydrogen (secondary N) is 1. The summed E-state index contributed by atoms with van der Waals surface area (Å²) in [5.74, 6) is -0.603. The van der Waals surface area contributed by atoms with Crippen molar-refractivity contribution in [3.05, 3.63) is 39.9 Å². The zero-order valence-electron chi connectivity index (χ0n) is 9.66. The lowest BCUT2D eigenvalue weighted by molar-refractivity contribution is -0.384. The molecule has 7 heteroatoms. The summed E-state index contributed by atoms with van der Waals surface area (Å²) in [6, 6.07) is 5.00. The number of nitrogens with zero attached hydrogens (tertiary/aromatic N) is 1. The molecule has 0 saturated heterocycles. The number of non-ortho nitro benzene ring substituents is 1. The molecule has 1 atom stereocenters.